The second-order valence-corrected chi connectivity index (χ2v) is 13.0. The third-order valence-corrected chi connectivity index (χ3v) is 10.2. The molecule has 0 bridgehead atoms. The molecule has 4 fully saturated rings. The molecule has 3 N–H and O–H groups in total. The number of hydrogen-bond donors (Lipinski definition) is 2. The van der Waals surface area contributed by atoms with E-state index < -0.39 is 88.3 Å². The van der Waals surface area contributed by atoms with Gasteiger partial charge in [0.25, 0.3) is 0 Å². The molecule has 0 aromatic heterocycles. The number of ketones is 2. The lowest BCUT2D eigenvalue weighted by molar-refractivity contribution is -0.235. The van der Waals surface area contributed by atoms with Crippen molar-refractivity contribution in [2.75, 3.05) is 6.61 Å². The fourth-order valence-corrected chi connectivity index (χ4v) is 8.31. The summed E-state index contributed by atoms with van der Waals surface area (Å²) in [5.74, 6) is -3.31. The number of hydrogen-bond acceptors (Lipinski definition) is 8. The van der Waals surface area contributed by atoms with Crippen molar-refractivity contribution in [2.45, 2.75) is 108 Å². The van der Waals surface area contributed by atoms with Crippen molar-refractivity contribution >= 4 is 17.5 Å². The van der Waals surface area contributed by atoms with Crippen molar-refractivity contribution in [3.8, 4) is 0 Å². The molecule has 10 atom stereocenters. The summed E-state index contributed by atoms with van der Waals surface area (Å²) in [6.07, 6.45) is 0.116. The summed E-state index contributed by atoms with van der Waals surface area (Å²) in [5, 5.41) is 11.6. The molecule has 0 radical (unpaired) electrons. The number of aliphatic hydroxyl groups is 1. The van der Waals surface area contributed by atoms with E-state index in [1.807, 2.05) is 6.92 Å². The average molecular weight is 552 g/mol. The Kier molecular flexibility index (Phi) is 6.58. The highest BCUT2D eigenvalue weighted by molar-refractivity contribution is 6.01. The first kappa shape index (κ1) is 28.5. The average Bonchev–Trinajstić information content (AvgIpc) is 3.32. The van der Waals surface area contributed by atoms with Crippen LogP contribution >= 0.6 is 0 Å². The quantitative estimate of drug-likeness (QED) is 0.483. The SMILES string of the molecule is CCCC1O[C@@H]2C[C@H]3[C@@H]4C[C@H](F)C5=CC(=O)C=C[C@]5(C)[C@@]4(F)[C@@H](O)C[C@]3(C)[C@]2(C(=O)COC(=O)C(C)(C)N)O1. The molecule has 0 aromatic carbocycles. The van der Waals surface area contributed by atoms with Crippen LogP contribution in [0.4, 0.5) is 8.78 Å². The molecule has 1 heterocycles. The van der Waals surface area contributed by atoms with E-state index >= 15 is 8.78 Å². The van der Waals surface area contributed by atoms with Gasteiger partial charge in [0, 0.05) is 16.7 Å². The Bertz CT molecular complexity index is 1150. The van der Waals surface area contributed by atoms with Crippen LogP contribution in [0, 0.1) is 22.7 Å². The summed E-state index contributed by atoms with van der Waals surface area (Å²) < 4.78 is 51.1. The first-order chi connectivity index (χ1) is 18.1. The molecular weight excluding hydrogens is 512 g/mol. The largest absolute Gasteiger partial charge is 0.456 e. The van der Waals surface area contributed by atoms with Gasteiger partial charge in [0.1, 0.15) is 11.7 Å². The van der Waals surface area contributed by atoms with Crippen molar-refractivity contribution in [3.63, 3.8) is 0 Å². The molecule has 0 spiro atoms. The second-order valence-electron chi connectivity index (χ2n) is 13.0. The van der Waals surface area contributed by atoms with Gasteiger partial charge in [0.05, 0.1) is 12.2 Å². The molecule has 39 heavy (non-hydrogen) atoms. The second kappa shape index (κ2) is 8.99. The van der Waals surface area contributed by atoms with Crippen LogP contribution < -0.4 is 5.73 Å². The topological polar surface area (TPSA) is 125 Å². The van der Waals surface area contributed by atoms with E-state index in [0.717, 1.165) is 12.5 Å². The highest BCUT2D eigenvalue weighted by Gasteiger charge is 2.80. The van der Waals surface area contributed by atoms with Crippen LogP contribution in [-0.4, -0.2) is 70.7 Å². The number of aliphatic hydroxyl groups excluding tert-OH is 1. The molecule has 3 saturated carbocycles. The maximum Gasteiger partial charge on any atom is 0.325 e. The standard InChI is InChI=1S/C29H39F2NO7/c1-6-7-23-38-22-12-16-17-11-19(30)18-10-15(33)8-9-26(18,4)28(17,31)20(34)13-27(16,5)29(22,39-23)21(35)14-37-24(36)25(2,3)32/h8-10,16-17,19-20,22-23,34H,6-7,11-14,32H2,1-5H3/t16-,17-,19-,20-,22+,23?,26-,27-,28-,29+/m0/s1. The van der Waals surface area contributed by atoms with Crippen molar-refractivity contribution in [1.29, 1.82) is 0 Å². The highest BCUT2D eigenvalue weighted by atomic mass is 19.1. The highest BCUT2D eigenvalue weighted by Crippen LogP contribution is 2.72. The number of alkyl halides is 2. The molecule has 5 aliphatic rings. The van der Waals surface area contributed by atoms with E-state index in [1.54, 1.807) is 6.92 Å². The Morgan fingerprint density at radius 3 is 2.59 bits per heavy atom. The van der Waals surface area contributed by atoms with E-state index in [1.165, 1.54) is 32.9 Å². The number of Topliss-reactive ketones (excluding diaryl/α,β-unsaturated/α-hetero) is 1. The van der Waals surface area contributed by atoms with Crippen LogP contribution in [-0.2, 0) is 28.6 Å². The predicted octanol–water partition coefficient (Wildman–Crippen LogP) is 3.05. The van der Waals surface area contributed by atoms with Crippen LogP contribution in [0.5, 0.6) is 0 Å². The molecule has 216 valence electrons. The fourth-order valence-electron chi connectivity index (χ4n) is 8.31. The Morgan fingerprint density at radius 1 is 1.26 bits per heavy atom. The molecule has 1 saturated heterocycles. The maximum absolute atomic E-state index is 17.5. The predicted molar refractivity (Wildman–Crippen MR) is 136 cm³/mol. The molecule has 10 heteroatoms. The summed E-state index contributed by atoms with van der Waals surface area (Å²) in [4.78, 5) is 38.4. The van der Waals surface area contributed by atoms with E-state index in [9.17, 15) is 19.5 Å². The summed E-state index contributed by atoms with van der Waals surface area (Å²) in [6, 6.07) is 0. The van der Waals surface area contributed by atoms with Gasteiger partial charge < -0.3 is 25.1 Å². The number of nitrogens with two attached hydrogens (primary N) is 1. The zero-order valence-electron chi connectivity index (χ0n) is 23.2. The van der Waals surface area contributed by atoms with E-state index in [0.29, 0.717) is 6.42 Å². The van der Waals surface area contributed by atoms with Gasteiger partial charge in [-0.25, -0.2) is 8.78 Å². The minimum absolute atomic E-state index is 0.0344. The number of rotatable bonds is 6. The van der Waals surface area contributed by atoms with Crippen LogP contribution in [0.25, 0.3) is 0 Å². The normalized spacial score (nSPS) is 46.6. The third kappa shape index (κ3) is 3.70. The number of fused-ring (bicyclic) bond motifs is 7. The van der Waals surface area contributed by atoms with Crippen LogP contribution in [0.2, 0.25) is 0 Å². The van der Waals surface area contributed by atoms with E-state index in [2.05, 4.69) is 0 Å². The number of carbonyl (C=O) groups is 3. The smallest absolute Gasteiger partial charge is 0.325 e. The van der Waals surface area contributed by atoms with Crippen molar-refractivity contribution in [3.05, 3.63) is 23.8 Å². The van der Waals surface area contributed by atoms with Crippen LogP contribution in [0.1, 0.15) is 66.7 Å². The number of carbonyl (C=O) groups excluding carboxylic acids is 3. The van der Waals surface area contributed by atoms with Gasteiger partial charge in [-0.2, -0.15) is 0 Å². The lowest BCUT2D eigenvalue weighted by Crippen LogP contribution is -2.71. The monoisotopic (exact) mass is 551 g/mol. The van der Waals surface area contributed by atoms with Crippen LogP contribution in [0.15, 0.2) is 23.8 Å². The minimum Gasteiger partial charge on any atom is -0.456 e. The number of ether oxygens (including phenoxy) is 3. The first-order valence-electron chi connectivity index (χ1n) is 13.8. The van der Waals surface area contributed by atoms with Gasteiger partial charge >= 0.3 is 5.97 Å². The molecule has 5 rings (SSSR count). The number of halogens is 2. The molecule has 1 unspecified atom stereocenters. The molecule has 0 amide bonds. The van der Waals surface area contributed by atoms with Gasteiger partial charge in [-0.15, -0.1) is 0 Å². The lowest BCUT2D eigenvalue weighted by atomic mass is 9.44. The molecule has 0 aromatic rings. The summed E-state index contributed by atoms with van der Waals surface area (Å²) in [5.41, 5.74) is -2.05. The van der Waals surface area contributed by atoms with Crippen LogP contribution in [0.3, 0.4) is 0 Å². The van der Waals surface area contributed by atoms with Gasteiger partial charge in [0.2, 0.25) is 5.78 Å². The van der Waals surface area contributed by atoms with Gasteiger partial charge in [-0.1, -0.05) is 26.3 Å². The fraction of sp³-hybridized carbons (Fsp3) is 0.759. The zero-order chi connectivity index (χ0) is 28.8. The summed E-state index contributed by atoms with van der Waals surface area (Å²) >= 11 is 0. The van der Waals surface area contributed by atoms with Gasteiger partial charge in [0.15, 0.2) is 29.9 Å². The Labute approximate surface area is 227 Å². The molecule has 8 nitrogen and oxygen atoms in total. The number of esters is 1. The summed E-state index contributed by atoms with van der Waals surface area (Å²) in [6.45, 7) is 7.55. The zero-order valence-corrected chi connectivity index (χ0v) is 23.2. The Balaban J connectivity index is 1.56. The molecule has 1 aliphatic heterocycles. The third-order valence-electron chi connectivity index (χ3n) is 10.2. The van der Waals surface area contributed by atoms with E-state index in [4.69, 9.17) is 19.9 Å². The van der Waals surface area contributed by atoms with Crippen molar-refractivity contribution in [2.24, 2.45) is 28.4 Å². The maximum atomic E-state index is 17.5. The number of allylic oxidation sites excluding steroid dienone is 4. The Hall–Kier alpha value is -2.01. The minimum atomic E-state index is -2.29. The molecule has 4 aliphatic carbocycles. The van der Waals surface area contributed by atoms with Gasteiger partial charge in [-0.05, 0) is 70.1 Å². The van der Waals surface area contributed by atoms with Crippen molar-refractivity contribution < 1.29 is 42.5 Å². The van der Waals surface area contributed by atoms with Crippen molar-refractivity contribution in [1.82, 2.24) is 0 Å². The Morgan fingerprint density at radius 2 is 1.95 bits per heavy atom. The lowest BCUT2D eigenvalue weighted by Gasteiger charge is -2.63. The summed E-state index contributed by atoms with van der Waals surface area (Å²) in [7, 11) is 0. The first-order valence-corrected chi connectivity index (χ1v) is 13.8. The van der Waals surface area contributed by atoms with Gasteiger partial charge in [-0.3, -0.25) is 14.4 Å². The molecular formula is C29H39F2NO7. The van der Waals surface area contributed by atoms with E-state index in [-0.39, 0.29) is 24.8 Å².